The summed E-state index contributed by atoms with van der Waals surface area (Å²) in [5.41, 5.74) is 3.17. The first-order valence-electron chi connectivity index (χ1n) is 8.68. The van der Waals surface area contributed by atoms with Gasteiger partial charge in [0.2, 0.25) is 0 Å². The van der Waals surface area contributed by atoms with E-state index >= 15 is 0 Å². The molecular formula is C17H16ClN7O2. The fraction of sp³-hybridized carbons (Fsp3) is 0.294. The third-order valence-electron chi connectivity index (χ3n) is 5.11. The number of carbonyl (C=O) groups is 1. The molecule has 3 aromatic rings. The zero-order chi connectivity index (χ0) is 18.6. The molecule has 10 heteroatoms. The van der Waals surface area contributed by atoms with Crippen molar-refractivity contribution in [3.63, 3.8) is 0 Å². The Morgan fingerprint density at radius 3 is 2.85 bits per heavy atom. The second-order valence-electron chi connectivity index (χ2n) is 6.84. The van der Waals surface area contributed by atoms with Gasteiger partial charge in [0.15, 0.2) is 0 Å². The number of carbonyl (C=O) groups excluding carboxylic acids is 1. The van der Waals surface area contributed by atoms with Crippen LogP contribution in [0.1, 0.15) is 36.2 Å². The lowest BCUT2D eigenvalue weighted by molar-refractivity contribution is 0.0869. The number of fused-ring (bicyclic) bond motifs is 2. The molecule has 1 fully saturated rings. The molecule has 1 amide bonds. The fourth-order valence-corrected chi connectivity index (χ4v) is 4.10. The van der Waals surface area contributed by atoms with Crippen LogP contribution in [0, 0.1) is 0 Å². The highest BCUT2D eigenvalue weighted by atomic mass is 35.5. The molecule has 9 nitrogen and oxygen atoms in total. The molecular weight excluding hydrogens is 370 g/mol. The lowest BCUT2D eigenvalue weighted by Gasteiger charge is -2.38. The van der Waals surface area contributed by atoms with Crippen LogP contribution in [-0.2, 0) is 0 Å². The predicted octanol–water partition coefficient (Wildman–Crippen LogP) is 2.07. The van der Waals surface area contributed by atoms with Crippen molar-refractivity contribution >= 4 is 40.0 Å². The number of aromatic amines is 1. The first-order chi connectivity index (χ1) is 13.1. The number of H-pyrrole nitrogens is 1. The molecule has 27 heavy (non-hydrogen) atoms. The zero-order valence-electron chi connectivity index (χ0n) is 14.2. The number of amides is 1. The molecule has 4 heterocycles. The quantitative estimate of drug-likeness (QED) is 0.536. The molecule has 5 rings (SSSR count). The lowest BCUT2D eigenvalue weighted by Crippen LogP contribution is -2.62. The highest BCUT2D eigenvalue weighted by molar-refractivity contribution is 6.34. The van der Waals surface area contributed by atoms with Crippen molar-refractivity contribution in [3.05, 3.63) is 45.7 Å². The molecule has 1 saturated carbocycles. The van der Waals surface area contributed by atoms with E-state index in [1.165, 1.54) is 17.1 Å². The highest BCUT2D eigenvalue weighted by Gasteiger charge is 2.41. The van der Waals surface area contributed by atoms with E-state index in [-0.39, 0.29) is 22.3 Å². The molecule has 0 radical (unpaired) electrons. The summed E-state index contributed by atoms with van der Waals surface area (Å²) in [6.07, 6.45) is 6.63. The number of rotatable bonds is 2. The second kappa shape index (κ2) is 5.71. The van der Waals surface area contributed by atoms with Crippen molar-refractivity contribution in [1.29, 1.82) is 0 Å². The molecule has 0 unspecified atom stereocenters. The van der Waals surface area contributed by atoms with E-state index in [4.69, 9.17) is 11.6 Å². The maximum absolute atomic E-state index is 13.1. The maximum atomic E-state index is 13.1. The summed E-state index contributed by atoms with van der Waals surface area (Å²) in [6, 6.07) is 3.26. The van der Waals surface area contributed by atoms with E-state index in [1.807, 2.05) is 6.07 Å². The Labute approximate surface area is 158 Å². The molecule has 0 aromatic carbocycles. The SMILES string of the molecule is O=C1NC2(CCCC2)Nn2c1c(Cl)cc(Nc1ncnc3[nH]ccc13)c2=O. The van der Waals surface area contributed by atoms with Crippen LogP contribution in [0.4, 0.5) is 11.5 Å². The number of aromatic nitrogens is 4. The molecule has 1 aliphatic carbocycles. The Morgan fingerprint density at radius 2 is 2.04 bits per heavy atom. The summed E-state index contributed by atoms with van der Waals surface area (Å²) >= 11 is 6.33. The number of hydrogen-bond donors (Lipinski definition) is 4. The smallest absolute Gasteiger partial charge is 0.293 e. The summed E-state index contributed by atoms with van der Waals surface area (Å²) in [6.45, 7) is 0. The Bertz CT molecular complexity index is 1130. The number of anilines is 2. The van der Waals surface area contributed by atoms with Gasteiger partial charge in [-0.05, 0) is 37.8 Å². The highest BCUT2D eigenvalue weighted by Crippen LogP contribution is 2.32. The van der Waals surface area contributed by atoms with Crippen molar-refractivity contribution in [2.75, 3.05) is 10.7 Å². The number of halogens is 1. The van der Waals surface area contributed by atoms with Gasteiger partial charge >= 0.3 is 0 Å². The van der Waals surface area contributed by atoms with Crippen molar-refractivity contribution in [3.8, 4) is 0 Å². The van der Waals surface area contributed by atoms with Gasteiger partial charge in [-0.3, -0.25) is 15.0 Å². The third-order valence-corrected chi connectivity index (χ3v) is 5.40. The van der Waals surface area contributed by atoms with Gasteiger partial charge in [0.1, 0.15) is 34.8 Å². The van der Waals surface area contributed by atoms with E-state index in [1.54, 1.807) is 6.20 Å². The second-order valence-corrected chi connectivity index (χ2v) is 7.24. The monoisotopic (exact) mass is 385 g/mol. The van der Waals surface area contributed by atoms with Gasteiger partial charge in [-0.2, -0.15) is 0 Å². The van der Waals surface area contributed by atoms with E-state index in [9.17, 15) is 9.59 Å². The van der Waals surface area contributed by atoms with Crippen LogP contribution >= 0.6 is 11.6 Å². The molecule has 1 aliphatic heterocycles. The molecule has 0 bridgehead atoms. The van der Waals surface area contributed by atoms with Gasteiger partial charge in [-0.25, -0.2) is 14.6 Å². The van der Waals surface area contributed by atoms with Crippen LogP contribution in [0.3, 0.4) is 0 Å². The van der Waals surface area contributed by atoms with Crippen molar-refractivity contribution < 1.29 is 4.79 Å². The molecule has 0 saturated heterocycles. The van der Waals surface area contributed by atoms with Crippen LogP contribution < -0.4 is 21.6 Å². The van der Waals surface area contributed by atoms with Crippen LogP contribution in [0.5, 0.6) is 0 Å². The summed E-state index contributed by atoms with van der Waals surface area (Å²) < 4.78 is 1.25. The number of nitrogens with one attached hydrogen (secondary N) is 4. The normalized spacial score (nSPS) is 17.6. The van der Waals surface area contributed by atoms with Crippen molar-refractivity contribution in [2.45, 2.75) is 31.3 Å². The molecule has 3 aromatic heterocycles. The van der Waals surface area contributed by atoms with E-state index in [0.717, 1.165) is 31.1 Å². The Hall–Kier alpha value is -3.07. The summed E-state index contributed by atoms with van der Waals surface area (Å²) in [7, 11) is 0. The number of pyridine rings is 1. The maximum Gasteiger partial charge on any atom is 0.293 e. The molecule has 1 spiro atoms. The Kier molecular flexibility index (Phi) is 3.41. The summed E-state index contributed by atoms with van der Waals surface area (Å²) in [4.78, 5) is 37.0. The number of hydrogen-bond acceptors (Lipinski definition) is 6. The zero-order valence-corrected chi connectivity index (χ0v) is 14.9. The van der Waals surface area contributed by atoms with Gasteiger partial charge in [0, 0.05) is 6.20 Å². The summed E-state index contributed by atoms with van der Waals surface area (Å²) in [5, 5.41) is 6.91. The van der Waals surface area contributed by atoms with Crippen LogP contribution in [0.15, 0.2) is 29.5 Å². The minimum Gasteiger partial charge on any atom is -0.346 e. The van der Waals surface area contributed by atoms with Gasteiger partial charge < -0.3 is 15.6 Å². The number of nitrogens with zero attached hydrogens (tertiary/aromatic N) is 3. The fourth-order valence-electron chi connectivity index (χ4n) is 3.83. The Balaban J connectivity index is 1.61. The molecule has 4 N–H and O–H groups in total. The average Bonchev–Trinajstić information content (AvgIpc) is 3.29. The standard InChI is InChI=1S/C17H16ClN7O2/c18-10-7-11(22-14-9-3-6-19-13(9)20-8-21-14)16(27)25-12(10)15(26)23-17(24-25)4-1-2-5-17/h3,6-8,24H,1-2,4-5H2,(H,23,26)(H2,19,20,21,22). The van der Waals surface area contributed by atoms with E-state index in [0.29, 0.717) is 11.5 Å². The van der Waals surface area contributed by atoms with Crippen molar-refractivity contribution in [2.24, 2.45) is 0 Å². The minimum atomic E-state index is -0.599. The van der Waals surface area contributed by atoms with Gasteiger partial charge in [0.05, 0.1) is 10.4 Å². The van der Waals surface area contributed by atoms with Gasteiger partial charge in [-0.15, -0.1) is 0 Å². The lowest BCUT2D eigenvalue weighted by atomic mass is 10.1. The average molecular weight is 386 g/mol. The van der Waals surface area contributed by atoms with Gasteiger partial charge in [-0.1, -0.05) is 11.6 Å². The first-order valence-corrected chi connectivity index (χ1v) is 9.05. The predicted molar refractivity (Wildman–Crippen MR) is 101 cm³/mol. The van der Waals surface area contributed by atoms with Crippen LogP contribution in [0.25, 0.3) is 11.0 Å². The van der Waals surface area contributed by atoms with E-state index in [2.05, 4.69) is 31.0 Å². The molecule has 2 aliphatic rings. The minimum absolute atomic E-state index is 0.110. The molecule has 0 atom stereocenters. The van der Waals surface area contributed by atoms with Gasteiger partial charge in [0.25, 0.3) is 11.5 Å². The third kappa shape index (κ3) is 2.46. The molecule has 138 valence electrons. The topological polar surface area (TPSA) is 117 Å². The first kappa shape index (κ1) is 16.1. The Morgan fingerprint density at radius 1 is 1.22 bits per heavy atom. The van der Waals surface area contributed by atoms with Crippen LogP contribution in [0.2, 0.25) is 5.02 Å². The van der Waals surface area contributed by atoms with Crippen molar-refractivity contribution in [1.82, 2.24) is 24.9 Å². The van der Waals surface area contributed by atoms with E-state index < -0.39 is 11.2 Å². The largest absolute Gasteiger partial charge is 0.346 e. The van der Waals surface area contributed by atoms with Crippen LogP contribution in [-0.4, -0.2) is 31.2 Å². The summed E-state index contributed by atoms with van der Waals surface area (Å²) in [5.74, 6) is 0.130.